The number of carbonyl (C=O) groups is 1. The lowest BCUT2D eigenvalue weighted by atomic mass is 9.95. The minimum Gasteiger partial charge on any atom is -0.351 e. The molecular formula is C23H21N3O3S. The van der Waals surface area contributed by atoms with Crippen LogP contribution in [0.15, 0.2) is 78.9 Å². The molecule has 0 aliphatic heterocycles. The lowest BCUT2D eigenvalue weighted by molar-refractivity contribution is 0.0956. The number of nitriles is 1. The van der Waals surface area contributed by atoms with Gasteiger partial charge in [-0.05, 0) is 23.3 Å². The fourth-order valence-corrected chi connectivity index (χ4v) is 3.89. The van der Waals surface area contributed by atoms with Crippen molar-refractivity contribution in [3.63, 3.8) is 0 Å². The molecule has 152 valence electrons. The van der Waals surface area contributed by atoms with Gasteiger partial charge in [0.25, 0.3) is 5.91 Å². The zero-order chi connectivity index (χ0) is 21.4. The summed E-state index contributed by atoms with van der Waals surface area (Å²) in [5, 5.41) is 12.0. The molecule has 1 amide bonds. The third-order valence-electron chi connectivity index (χ3n) is 4.50. The van der Waals surface area contributed by atoms with Gasteiger partial charge < -0.3 is 5.32 Å². The van der Waals surface area contributed by atoms with Crippen LogP contribution in [0.4, 0.5) is 0 Å². The first-order valence-electron chi connectivity index (χ1n) is 9.38. The molecule has 0 spiro atoms. The van der Waals surface area contributed by atoms with Gasteiger partial charge in [-0.25, -0.2) is 13.1 Å². The Morgan fingerprint density at radius 3 is 2.23 bits per heavy atom. The number of sulfonamides is 1. The van der Waals surface area contributed by atoms with Crippen LogP contribution in [0.2, 0.25) is 0 Å². The van der Waals surface area contributed by atoms with E-state index in [1.54, 1.807) is 48.5 Å². The van der Waals surface area contributed by atoms with E-state index in [1.807, 2.05) is 30.3 Å². The van der Waals surface area contributed by atoms with Crippen LogP contribution in [0.3, 0.4) is 0 Å². The van der Waals surface area contributed by atoms with E-state index < -0.39 is 15.9 Å². The summed E-state index contributed by atoms with van der Waals surface area (Å²) >= 11 is 0. The number of nitrogens with zero attached hydrogens (tertiary/aromatic N) is 1. The second kappa shape index (κ2) is 9.83. The summed E-state index contributed by atoms with van der Waals surface area (Å²) in [5.74, 6) is -0.626. The Morgan fingerprint density at radius 1 is 0.867 bits per heavy atom. The second-order valence-corrected chi connectivity index (χ2v) is 8.51. The molecule has 7 heteroatoms. The second-order valence-electron chi connectivity index (χ2n) is 6.58. The van der Waals surface area contributed by atoms with Crippen molar-refractivity contribution in [2.45, 2.75) is 6.54 Å². The van der Waals surface area contributed by atoms with Crippen molar-refractivity contribution in [2.75, 3.05) is 12.3 Å². The molecule has 3 aromatic carbocycles. The van der Waals surface area contributed by atoms with Crippen molar-refractivity contribution in [3.05, 3.63) is 95.6 Å². The maximum absolute atomic E-state index is 12.7. The summed E-state index contributed by atoms with van der Waals surface area (Å²) in [6, 6.07) is 25.3. The fourth-order valence-electron chi connectivity index (χ4n) is 2.99. The Kier molecular flexibility index (Phi) is 6.96. The van der Waals surface area contributed by atoms with Crippen LogP contribution in [0.25, 0.3) is 11.1 Å². The molecule has 0 saturated heterocycles. The summed E-state index contributed by atoms with van der Waals surface area (Å²) in [4.78, 5) is 12.7. The zero-order valence-electron chi connectivity index (χ0n) is 16.2. The van der Waals surface area contributed by atoms with Crippen LogP contribution >= 0.6 is 0 Å². The average Bonchev–Trinajstić information content (AvgIpc) is 2.78. The highest BCUT2D eigenvalue weighted by molar-refractivity contribution is 7.89. The lowest BCUT2D eigenvalue weighted by Gasteiger charge is -2.12. The Morgan fingerprint density at radius 2 is 1.50 bits per heavy atom. The number of carbonyl (C=O) groups excluding carboxylic acids is 1. The molecule has 0 heterocycles. The van der Waals surface area contributed by atoms with Crippen molar-refractivity contribution in [2.24, 2.45) is 0 Å². The van der Waals surface area contributed by atoms with Crippen LogP contribution < -0.4 is 10.0 Å². The Bertz CT molecular complexity index is 1170. The van der Waals surface area contributed by atoms with Gasteiger partial charge in [-0.1, -0.05) is 66.7 Å². The number of nitrogens with one attached hydrogen (secondary N) is 2. The van der Waals surface area contributed by atoms with Gasteiger partial charge in [-0.3, -0.25) is 4.79 Å². The standard InChI is InChI=1S/C23H21N3O3S/c24-16-19-10-4-5-11-20(19)21-12-6-7-13-22(21)23(27)25-14-15-30(28,29)26-17-18-8-2-1-3-9-18/h1-13,26H,14-15,17H2,(H,25,27). The number of amides is 1. The summed E-state index contributed by atoms with van der Waals surface area (Å²) in [6.07, 6.45) is 0. The van der Waals surface area contributed by atoms with Crippen molar-refractivity contribution in [3.8, 4) is 17.2 Å². The van der Waals surface area contributed by atoms with Crippen LogP contribution in [0, 0.1) is 11.3 Å². The minimum atomic E-state index is -3.54. The van der Waals surface area contributed by atoms with Gasteiger partial charge in [0.15, 0.2) is 0 Å². The van der Waals surface area contributed by atoms with Gasteiger partial charge in [0.2, 0.25) is 10.0 Å². The number of hydrogen-bond acceptors (Lipinski definition) is 4. The summed E-state index contributed by atoms with van der Waals surface area (Å²) in [7, 11) is -3.54. The van der Waals surface area contributed by atoms with Crippen molar-refractivity contribution in [1.29, 1.82) is 5.26 Å². The molecule has 6 nitrogen and oxygen atoms in total. The molecule has 3 rings (SSSR count). The summed E-state index contributed by atoms with van der Waals surface area (Å²) in [5.41, 5.74) is 2.98. The SMILES string of the molecule is N#Cc1ccccc1-c1ccccc1C(=O)NCCS(=O)(=O)NCc1ccccc1. The molecule has 0 aliphatic rings. The third kappa shape index (κ3) is 5.54. The van der Waals surface area contributed by atoms with Crippen LogP contribution in [-0.4, -0.2) is 26.6 Å². The van der Waals surface area contributed by atoms with E-state index >= 15 is 0 Å². The fraction of sp³-hybridized carbons (Fsp3) is 0.130. The minimum absolute atomic E-state index is 0.0306. The maximum Gasteiger partial charge on any atom is 0.251 e. The van der Waals surface area contributed by atoms with Gasteiger partial charge in [0, 0.05) is 24.2 Å². The number of rotatable bonds is 8. The molecule has 30 heavy (non-hydrogen) atoms. The first-order chi connectivity index (χ1) is 14.5. The van der Waals surface area contributed by atoms with E-state index in [9.17, 15) is 18.5 Å². The van der Waals surface area contributed by atoms with Gasteiger partial charge in [-0.15, -0.1) is 0 Å². The molecule has 0 fully saturated rings. The van der Waals surface area contributed by atoms with E-state index in [-0.39, 0.29) is 18.8 Å². The highest BCUT2D eigenvalue weighted by Gasteiger charge is 2.16. The van der Waals surface area contributed by atoms with E-state index in [1.165, 1.54) is 0 Å². The third-order valence-corrected chi connectivity index (χ3v) is 5.83. The molecule has 0 bridgehead atoms. The zero-order valence-corrected chi connectivity index (χ0v) is 17.0. The van der Waals surface area contributed by atoms with E-state index in [2.05, 4.69) is 16.1 Å². The van der Waals surface area contributed by atoms with Crippen LogP contribution in [-0.2, 0) is 16.6 Å². The van der Waals surface area contributed by atoms with Gasteiger partial charge in [0.1, 0.15) is 0 Å². The average molecular weight is 420 g/mol. The normalized spacial score (nSPS) is 10.9. The molecule has 0 saturated carbocycles. The maximum atomic E-state index is 12.7. The van der Waals surface area contributed by atoms with Gasteiger partial charge >= 0.3 is 0 Å². The molecule has 0 unspecified atom stereocenters. The molecule has 0 atom stereocenters. The largest absolute Gasteiger partial charge is 0.351 e. The Labute approximate surface area is 176 Å². The van der Waals surface area contributed by atoms with Crippen molar-refractivity contribution >= 4 is 15.9 Å². The first-order valence-corrected chi connectivity index (χ1v) is 11.0. The topological polar surface area (TPSA) is 99.1 Å². The lowest BCUT2D eigenvalue weighted by Crippen LogP contribution is -2.34. The Hall–Kier alpha value is -3.47. The highest BCUT2D eigenvalue weighted by atomic mass is 32.2. The first kappa shape index (κ1) is 21.2. The van der Waals surface area contributed by atoms with Gasteiger partial charge in [-0.2, -0.15) is 5.26 Å². The number of hydrogen-bond donors (Lipinski definition) is 2. The van der Waals surface area contributed by atoms with E-state index in [0.717, 1.165) is 5.56 Å². The predicted octanol–water partition coefficient (Wildman–Crippen LogP) is 3.07. The van der Waals surface area contributed by atoms with Crippen LogP contribution in [0.5, 0.6) is 0 Å². The molecule has 3 aromatic rings. The predicted molar refractivity (Wildman–Crippen MR) is 116 cm³/mol. The monoisotopic (exact) mass is 419 g/mol. The smallest absolute Gasteiger partial charge is 0.251 e. The van der Waals surface area contributed by atoms with Crippen molar-refractivity contribution < 1.29 is 13.2 Å². The van der Waals surface area contributed by atoms with Crippen LogP contribution in [0.1, 0.15) is 21.5 Å². The quantitative estimate of drug-likeness (QED) is 0.586. The summed E-state index contributed by atoms with van der Waals surface area (Å²) in [6.45, 7) is 0.169. The Balaban J connectivity index is 1.64. The molecule has 2 N–H and O–H groups in total. The van der Waals surface area contributed by atoms with E-state index in [4.69, 9.17) is 0 Å². The summed E-state index contributed by atoms with van der Waals surface area (Å²) < 4.78 is 26.9. The van der Waals surface area contributed by atoms with Crippen molar-refractivity contribution in [1.82, 2.24) is 10.0 Å². The molecule has 0 aromatic heterocycles. The molecule has 0 radical (unpaired) electrons. The van der Waals surface area contributed by atoms with E-state index in [0.29, 0.717) is 22.3 Å². The highest BCUT2D eigenvalue weighted by Crippen LogP contribution is 2.26. The molecular weight excluding hydrogens is 398 g/mol. The number of benzene rings is 3. The van der Waals surface area contributed by atoms with Gasteiger partial charge in [0.05, 0.1) is 17.4 Å². The molecule has 0 aliphatic carbocycles.